The zero-order valence-corrected chi connectivity index (χ0v) is 6.11. The fourth-order valence-electron chi connectivity index (χ4n) is 2.24. The molecule has 0 amide bonds. The molecule has 0 aromatic heterocycles. The molecule has 0 heteroatoms. The van der Waals surface area contributed by atoms with E-state index in [1.807, 2.05) is 0 Å². The van der Waals surface area contributed by atoms with Crippen LogP contribution in [0.1, 0.15) is 39.0 Å². The number of allylic oxidation sites excluding steroid dienone is 2. The summed E-state index contributed by atoms with van der Waals surface area (Å²) in [5, 5.41) is 0. The van der Waals surface area contributed by atoms with Crippen LogP contribution in [0.5, 0.6) is 0 Å². The van der Waals surface area contributed by atoms with E-state index in [9.17, 15) is 0 Å². The van der Waals surface area contributed by atoms with E-state index in [0.717, 1.165) is 5.41 Å². The van der Waals surface area contributed by atoms with Gasteiger partial charge in [0, 0.05) is 0 Å². The van der Waals surface area contributed by atoms with Gasteiger partial charge in [-0.3, -0.25) is 0 Å². The number of hydrogen-bond donors (Lipinski definition) is 0. The molecule has 2 aliphatic carbocycles. The van der Waals surface area contributed by atoms with Crippen molar-refractivity contribution in [1.82, 2.24) is 0 Å². The van der Waals surface area contributed by atoms with E-state index in [0.29, 0.717) is 0 Å². The van der Waals surface area contributed by atoms with Gasteiger partial charge < -0.3 is 0 Å². The summed E-state index contributed by atoms with van der Waals surface area (Å²) in [6.45, 7) is 2.34. The molecule has 0 nitrogen and oxygen atoms in total. The van der Waals surface area contributed by atoms with Crippen molar-refractivity contribution < 1.29 is 0 Å². The third-order valence-corrected chi connectivity index (χ3v) is 3.15. The summed E-state index contributed by atoms with van der Waals surface area (Å²) in [7, 11) is 0. The number of fused-ring (bicyclic) bond motifs is 2. The molecule has 1 unspecified atom stereocenters. The molecule has 2 bridgehead atoms. The van der Waals surface area contributed by atoms with Gasteiger partial charge in [-0.2, -0.15) is 0 Å². The van der Waals surface area contributed by atoms with E-state index in [4.69, 9.17) is 0 Å². The molecule has 0 saturated heterocycles. The first kappa shape index (κ1) is 5.52. The Morgan fingerprint density at radius 2 is 2.56 bits per heavy atom. The summed E-state index contributed by atoms with van der Waals surface area (Å²) in [4.78, 5) is 0. The molecule has 2 aliphatic rings. The van der Waals surface area contributed by atoms with Crippen LogP contribution >= 0.6 is 0 Å². The van der Waals surface area contributed by atoms with Gasteiger partial charge in [0.05, 0.1) is 0 Å². The molecule has 9 heavy (non-hydrogen) atoms. The second-order valence-electron chi connectivity index (χ2n) is 3.60. The maximum Gasteiger partial charge on any atom is -0.0225 e. The molecule has 2 rings (SSSR count). The van der Waals surface area contributed by atoms with Crippen molar-refractivity contribution in [3.05, 3.63) is 11.6 Å². The van der Waals surface area contributed by atoms with Gasteiger partial charge in [-0.05, 0) is 37.5 Å². The van der Waals surface area contributed by atoms with Gasteiger partial charge in [0.2, 0.25) is 0 Å². The minimum Gasteiger partial charge on any atom is -0.0847 e. The van der Waals surface area contributed by atoms with Gasteiger partial charge in [-0.1, -0.05) is 18.6 Å². The Hall–Kier alpha value is -0.260. The van der Waals surface area contributed by atoms with Gasteiger partial charge in [0.15, 0.2) is 0 Å². The number of rotatable bonds is 1. The van der Waals surface area contributed by atoms with Crippen molar-refractivity contribution >= 4 is 0 Å². The van der Waals surface area contributed by atoms with Crippen LogP contribution in [-0.4, -0.2) is 0 Å². The van der Waals surface area contributed by atoms with E-state index >= 15 is 0 Å². The largest absolute Gasteiger partial charge is 0.0847 e. The molecule has 0 aromatic rings. The maximum atomic E-state index is 2.47. The highest BCUT2D eigenvalue weighted by Gasteiger charge is 2.37. The van der Waals surface area contributed by atoms with E-state index in [2.05, 4.69) is 13.0 Å². The molecular weight excluding hydrogens is 108 g/mol. The van der Waals surface area contributed by atoms with Crippen LogP contribution in [0.4, 0.5) is 0 Å². The molecular formula is C9H14. The third-order valence-electron chi connectivity index (χ3n) is 3.15. The Morgan fingerprint density at radius 3 is 2.78 bits per heavy atom. The molecule has 1 saturated carbocycles. The minimum absolute atomic E-state index is 0.759. The second kappa shape index (κ2) is 1.62. The first-order valence-electron chi connectivity index (χ1n) is 4.03. The molecule has 0 aliphatic heterocycles. The molecule has 1 fully saturated rings. The summed E-state index contributed by atoms with van der Waals surface area (Å²) in [6.07, 6.45) is 9.57. The lowest BCUT2D eigenvalue weighted by molar-refractivity contribution is 0.303. The molecule has 50 valence electrons. The van der Waals surface area contributed by atoms with E-state index < -0.39 is 0 Å². The van der Waals surface area contributed by atoms with Crippen LogP contribution < -0.4 is 0 Å². The first-order valence-corrected chi connectivity index (χ1v) is 4.03. The van der Waals surface area contributed by atoms with Crippen molar-refractivity contribution in [2.45, 2.75) is 39.0 Å². The standard InChI is InChI=1S/C9H14/c1-2-9-5-3-8(7-9)4-6-9/h3H,2,4-7H2,1H3. The summed E-state index contributed by atoms with van der Waals surface area (Å²) >= 11 is 0. The van der Waals surface area contributed by atoms with Crippen molar-refractivity contribution in [3.63, 3.8) is 0 Å². The summed E-state index contributed by atoms with van der Waals surface area (Å²) in [5.74, 6) is 0. The van der Waals surface area contributed by atoms with E-state index in [-0.39, 0.29) is 0 Å². The molecule has 0 radical (unpaired) electrons. The maximum absolute atomic E-state index is 2.47. The lowest BCUT2D eigenvalue weighted by atomic mass is 9.82. The quantitative estimate of drug-likeness (QED) is 0.469. The fraction of sp³-hybridized carbons (Fsp3) is 0.778. The summed E-state index contributed by atoms with van der Waals surface area (Å²) in [5.41, 5.74) is 2.51. The van der Waals surface area contributed by atoms with Crippen molar-refractivity contribution in [1.29, 1.82) is 0 Å². The Kier molecular flexibility index (Phi) is 0.992. The monoisotopic (exact) mass is 122 g/mol. The zero-order chi connectivity index (χ0) is 6.32. The van der Waals surface area contributed by atoms with Crippen molar-refractivity contribution in [2.75, 3.05) is 0 Å². The Morgan fingerprint density at radius 1 is 1.67 bits per heavy atom. The van der Waals surface area contributed by atoms with Crippen LogP contribution in [0.3, 0.4) is 0 Å². The van der Waals surface area contributed by atoms with Crippen LogP contribution in [0, 0.1) is 5.41 Å². The topological polar surface area (TPSA) is 0 Å². The van der Waals surface area contributed by atoms with E-state index in [1.54, 1.807) is 5.57 Å². The molecule has 0 aromatic carbocycles. The molecule has 0 spiro atoms. The van der Waals surface area contributed by atoms with E-state index in [1.165, 1.54) is 32.1 Å². The average Bonchev–Trinajstić information content (AvgIpc) is 2.46. The predicted molar refractivity (Wildman–Crippen MR) is 39.3 cm³/mol. The lowest BCUT2D eigenvalue weighted by Gasteiger charge is -2.22. The van der Waals surface area contributed by atoms with Crippen molar-refractivity contribution in [2.24, 2.45) is 5.41 Å². The second-order valence-corrected chi connectivity index (χ2v) is 3.60. The zero-order valence-electron chi connectivity index (χ0n) is 6.11. The SMILES string of the molecule is CCC12CC=C(CC1)C2. The summed E-state index contributed by atoms with van der Waals surface area (Å²) in [6, 6.07) is 0. The van der Waals surface area contributed by atoms with Crippen LogP contribution in [0.2, 0.25) is 0 Å². The first-order chi connectivity index (χ1) is 4.35. The van der Waals surface area contributed by atoms with Crippen LogP contribution in [0.25, 0.3) is 0 Å². The average molecular weight is 122 g/mol. The normalized spacial score (nSPS) is 39.4. The molecule has 1 atom stereocenters. The fourth-order valence-corrected chi connectivity index (χ4v) is 2.24. The van der Waals surface area contributed by atoms with Gasteiger partial charge in [0.25, 0.3) is 0 Å². The van der Waals surface area contributed by atoms with Gasteiger partial charge in [-0.15, -0.1) is 0 Å². The lowest BCUT2D eigenvalue weighted by Crippen LogP contribution is -2.10. The molecule has 0 N–H and O–H groups in total. The van der Waals surface area contributed by atoms with Crippen LogP contribution in [0.15, 0.2) is 11.6 Å². The Labute approximate surface area is 57.0 Å². The highest BCUT2D eigenvalue weighted by Crippen LogP contribution is 2.52. The van der Waals surface area contributed by atoms with Gasteiger partial charge >= 0.3 is 0 Å². The Balaban J connectivity index is 2.21. The van der Waals surface area contributed by atoms with Crippen molar-refractivity contribution in [3.8, 4) is 0 Å². The highest BCUT2D eigenvalue weighted by atomic mass is 14.4. The number of hydrogen-bond acceptors (Lipinski definition) is 0. The third kappa shape index (κ3) is 0.654. The smallest absolute Gasteiger partial charge is 0.0225 e. The van der Waals surface area contributed by atoms with Gasteiger partial charge in [-0.25, -0.2) is 0 Å². The Bertz CT molecular complexity index is 155. The minimum atomic E-state index is 0.759. The van der Waals surface area contributed by atoms with Crippen LogP contribution in [-0.2, 0) is 0 Å². The predicted octanol–water partition coefficient (Wildman–Crippen LogP) is 2.90. The summed E-state index contributed by atoms with van der Waals surface area (Å²) < 4.78 is 0. The molecule has 0 heterocycles. The highest BCUT2D eigenvalue weighted by molar-refractivity contribution is 5.20. The van der Waals surface area contributed by atoms with Gasteiger partial charge in [0.1, 0.15) is 0 Å².